The SMILES string of the molecule is CC[C@H]1C[C@@H]2[C@H](CC[C@]3(C)[C@@H]([C@H](C)CCC(=O)CS(=O)(=O)c4ccc5ccccc5c4)CC[C@@H]23)[C@@]2(C)CC[C@@H](O)C[C@@H]12. The van der Waals surface area contributed by atoms with Gasteiger partial charge in [-0.05, 0) is 133 Å². The maximum atomic E-state index is 13.1. The molecule has 4 nitrogen and oxygen atoms in total. The van der Waals surface area contributed by atoms with E-state index >= 15 is 0 Å². The fourth-order valence-corrected chi connectivity index (χ4v) is 12.5. The van der Waals surface area contributed by atoms with Gasteiger partial charge in [0.25, 0.3) is 0 Å². The van der Waals surface area contributed by atoms with E-state index in [0.29, 0.717) is 35.0 Å². The highest BCUT2D eigenvalue weighted by Crippen LogP contribution is 2.69. The van der Waals surface area contributed by atoms with Crippen molar-refractivity contribution in [2.45, 2.75) is 109 Å². The van der Waals surface area contributed by atoms with Crippen molar-refractivity contribution in [3.8, 4) is 0 Å². The molecule has 6 rings (SSSR count). The molecular formula is C37H52O4S. The number of hydrogen-bond acceptors (Lipinski definition) is 4. The molecule has 5 heteroatoms. The topological polar surface area (TPSA) is 71.4 Å². The smallest absolute Gasteiger partial charge is 0.185 e. The summed E-state index contributed by atoms with van der Waals surface area (Å²) in [5.41, 5.74) is 0.688. The van der Waals surface area contributed by atoms with E-state index in [0.717, 1.165) is 53.7 Å². The highest BCUT2D eigenvalue weighted by Gasteiger charge is 2.62. The second kappa shape index (κ2) is 11.3. The van der Waals surface area contributed by atoms with Crippen LogP contribution in [0.3, 0.4) is 0 Å². The highest BCUT2D eigenvalue weighted by atomic mass is 32.2. The number of fused-ring (bicyclic) bond motifs is 6. The molecule has 4 aliphatic rings. The Morgan fingerprint density at radius 2 is 1.64 bits per heavy atom. The van der Waals surface area contributed by atoms with Gasteiger partial charge in [0.2, 0.25) is 0 Å². The van der Waals surface area contributed by atoms with Crippen molar-refractivity contribution in [3.05, 3.63) is 42.5 Å². The molecule has 4 fully saturated rings. The van der Waals surface area contributed by atoms with E-state index in [4.69, 9.17) is 0 Å². The Bertz CT molecular complexity index is 1420. The Morgan fingerprint density at radius 3 is 2.40 bits per heavy atom. The Labute approximate surface area is 254 Å². The van der Waals surface area contributed by atoms with Crippen LogP contribution in [0.15, 0.2) is 47.4 Å². The van der Waals surface area contributed by atoms with Gasteiger partial charge in [-0.15, -0.1) is 0 Å². The van der Waals surface area contributed by atoms with Crippen LogP contribution in [0.2, 0.25) is 0 Å². The van der Waals surface area contributed by atoms with Gasteiger partial charge in [-0.1, -0.05) is 64.4 Å². The summed E-state index contributed by atoms with van der Waals surface area (Å²) in [6.45, 7) is 9.84. The van der Waals surface area contributed by atoms with Crippen molar-refractivity contribution < 1.29 is 18.3 Å². The molecule has 4 saturated carbocycles. The summed E-state index contributed by atoms with van der Waals surface area (Å²) in [7, 11) is -3.65. The zero-order valence-electron chi connectivity index (χ0n) is 26.2. The Hall–Kier alpha value is -1.72. The maximum absolute atomic E-state index is 13.1. The lowest BCUT2D eigenvalue weighted by atomic mass is 9.42. The number of carbonyl (C=O) groups is 1. The van der Waals surface area contributed by atoms with Crippen molar-refractivity contribution >= 4 is 26.4 Å². The third-order valence-electron chi connectivity index (χ3n) is 13.4. The van der Waals surface area contributed by atoms with Crippen molar-refractivity contribution in [2.75, 3.05) is 5.75 Å². The van der Waals surface area contributed by atoms with Gasteiger partial charge >= 0.3 is 0 Å². The lowest BCUT2D eigenvalue weighted by Crippen LogP contribution is -2.56. The minimum Gasteiger partial charge on any atom is -0.393 e. The van der Waals surface area contributed by atoms with Crippen molar-refractivity contribution in [1.82, 2.24) is 0 Å². The first-order valence-electron chi connectivity index (χ1n) is 16.9. The average molecular weight is 593 g/mol. The number of aliphatic hydroxyl groups excluding tert-OH is 1. The molecule has 4 aliphatic carbocycles. The molecule has 2 aromatic rings. The fraction of sp³-hybridized carbons (Fsp3) is 0.703. The zero-order valence-corrected chi connectivity index (χ0v) is 27.0. The van der Waals surface area contributed by atoms with Crippen molar-refractivity contribution in [3.63, 3.8) is 0 Å². The van der Waals surface area contributed by atoms with E-state index in [2.05, 4.69) is 27.7 Å². The molecular weight excluding hydrogens is 540 g/mol. The number of ketones is 1. The molecule has 0 amide bonds. The van der Waals surface area contributed by atoms with Crippen LogP contribution in [-0.4, -0.2) is 31.2 Å². The number of aliphatic hydroxyl groups is 1. The van der Waals surface area contributed by atoms with Crippen LogP contribution in [0.5, 0.6) is 0 Å². The molecule has 0 unspecified atom stereocenters. The van der Waals surface area contributed by atoms with Crippen molar-refractivity contribution in [2.24, 2.45) is 52.3 Å². The summed E-state index contributed by atoms with van der Waals surface area (Å²) in [5.74, 6) is 4.19. The zero-order chi connectivity index (χ0) is 29.9. The summed E-state index contributed by atoms with van der Waals surface area (Å²) in [6, 6.07) is 12.9. The largest absolute Gasteiger partial charge is 0.393 e. The first-order valence-corrected chi connectivity index (χ1v) is 18.5. The first-order chi connectivity index (χ1) is 20.0. The third-order valence-corrected chi connectivity index (χ3v) is 15.1. The molecule has 1 N–H and O–H groups in total. The van der Waals surface area contributed by atoms with Crippen LogP contribution in [-0.2, 0) is 14.6 Å². The van der Waals surface area contributed by atoms with Gasteiger partial charge in [-0.2, -0.15) is 0 Å². The summed E-state index contributed by atoms with van der Waals surface area (Å²) < 4.78 is 26.2. The van der Waals surface area contributed by atoms with Crippen LogP contribution in [0, 0.1) is 52.3 Å². The van der Waals surface area contributed by atoms with E-state index in [9.17, 15) is 18.3 Å². The van der Waals surface area contributed by atoms with Crippen LogP contribution >= 0.6 is 0 Å². The standard InChI is InChI=1S/C37H52O4S/c1-5-25-21-31-33-15-14-32(36(33,3)19-17-34(31)37(4)18-16-28(38)22-35(25)37)24(2)10-12-29(39)23-42(40,41)30-13-11-26-8-6-7-9-27(26)20-30/h6-9,11,13,20,24-25,28,31-35,38H,5,10,12,14-19,21-23H2,1-4H3/t24-,25+,28-,31+,32-,33+,34+,35+,36-,37-/m1/s1. The first kappa shape index (κ1) is 30.3. The lowest BCUT2D eigenvalue weighted by molar-refractivity contribution is -0.152. The maximum Gasteiger partial charge on any atom is 0.185 e. The Balaban J connectivity index is 1.10. The summed E-state index contributed by atoms with van der Waals surface area (Å²) in [5, 5.41) is 12.4. The predicted octanol–water partition coefficient (Wildman–Crippen LogP) is 8.25. The highest BCUT2D eigenvalue weighted by molar-refractivity contribution is 7.92. The monoisotopic (exact) mass is 592 g/mol. The number of benzene rings is 2. The van der Waals surface area contributed by atoms with E-state index in [1.165, 1.54) is 44.9 Å². The summed E-state index contributed by atoms with van der Waals surface area (Å²) in [6.07, 6.45) is 11.9. The van der Waals surface area contributed by atoms with E-state index in [1.807, 2.05) is 30.3 Å². The molecule has 0 saturated heterocycles. The Kier molecular flexibility index (Phi) is 8.18. The molecule has 0 bridgehead atoms. The van der Waals surface area contributed by atoms with Crippen LogP contribution in [0.25, 0.3) is 10.8 Å². The van der Waals surface area contributed by atoms with Gasteiger partial charge in [0, 0.05) is 6.42 Å². The average Bonchev–Trinajstić information content (AvgIpc) is 3.33. The number of sulfone groups is 1. The number of carbonyl (C=O) groups excluding carboxylic acids is 1. The van der Waals surface area contributed by atoms with Crippen LogP contribution in [0.1, 0.15) is 98.3 Å². The second-order valence-electron chi connectivity index (χ2n) is 15.4. The van der Waals surface area contributed by atoms with Gasteiger partial charge in [0.05, 0.1) is 11.0 Å². The predicted molar refractivity (Wildman–Crippen MR) is 170 cm³/mol. The number of Topliss-reactive ketones (excluding diaryl/α,β-unsaturated/α-hetero) is 1. The summed E-state index contributed by atoms with van der Waals surface area (Å²) >= 11 is 0. The molecule has 0 aliphatic heterocycles. The molecule has 10 atom stereocenters. The van der Waals surface area contributed by atoms with Gasteiger partial charge < -0.3 is 5.11 Å². The molecule has 0 radical (unpaired) electrons. The summed E-state index contributed by atoms with van der Waals surface area (Å²) in [4.78, 5) is 13.3. The van der Waals surface area contributed by atoms with Crippen molar-refractivity contribution in [1.29, 1.82) is 0 Å². The third kappa shape index (κ3) is 5.19. The minimum absolute atomic E-state index is 0.107. The minimum atomic E-state index is -3.65. The van der Waals surface area contributed by atoms with Crippen LogP contribution in [0.4, 0.5) is 0 Å². The lowest BCUT2D eigenvalue weighted by Gasteiger charge is -2.63. The Morgan fingerprint density at radius 1 is 0.929 bits per heavy atom. The van der Waals surface area contributed by atoms with E-state index in [1.54, 1.807) is 12.1 Å². The normalized spacial score (nSPS) is 38.8. The molecule has 0 heterocycles. The molecule has 230 valence electrons. The molecule has 42 heavy (non-hydrogen) atoms. The van der Waals surface area contributed by atoms with Gasteiger partial charge in [0.15, 0.2) is 9.84 Å². The number of hydrogen-bond donors (Lipinski definition) is 1. The van der Waals surface area contributed by atoms with Gasteiger partial charge in [0.1, 0.15) is 11.5 Å². The van der Waals surface area contributed by atoms with E-state index in [-0.39, 0.29) is 16.8 Å². The second-order valence-corrected chi connectivity index (χ2v) is 17.4. The van der Waals surface area contributed by atoms with Crippen LogP contribution < -0.4 is 0 Å². The fourth-order valence-electron chi connectivity index (χ4n) is 11.2. The van der Waals surface area contributed by atoms with Gasteiger partial charge in [-0.25, -0.2) is 8.42 Å². The van der Waals surface area contributed by atoms with Gasteiger partial charge in [-0.3, -0.25) is 4.79 Å². The van der Waals surface area contributed by atoms with E-state index < -0.39 is 15.6 Å². The molecule has 0 aromatic heterocycles. The quantitative estimate of drug-likeness (QED) is 0.335. The number of rotatable bonds is 8. The molecule has 0 spiro atoms. The molecule has 2 aromatic carbocycles.